The minimum atomic E-state index is -4.07. The summed E-state index contributed by atoms with van der Waals surface area (Å²) in [5.41, 5.74) is 5.89. The van der Waals surface area contributed by atoms with E-state index in [0.29, 0.717) is 12.8 Å². The Bertz CT molecular complexity index is 911. The van der Waals surface area contributed by atoms with Gasteiger partial charge in [0.15, 0.2) is 0 Å². The molecule has 0 spiro atoms. The second kappa shape index (κ2) is 10.1. The third-order valence-corrected chi connectivity index (χ3v) is 6.58. The summed E-state index contributed by atoms with van der Waals surface area (Å²) in [4.78, 5) is 23.4. The molecule has 1 aromatic carbocycles. The highest BCUT2D eigenvalue weighted by molar-refractivity contribution is 7.89. The number of hydrogen-bond donors (Lipinski definition) is 4. The van der Waals surface area contributed by atoms with Gasteiger partial charge in [0, 0.05) is 18.5 Å². The van der Waals surface area contributed by atoms with Gasteiger partial charge in [0.25, 0.3) is 0 Å². The molecule has 1 amide bonds. The summed E-state index contributed by atoms with van der Waals surface area (Å²) >= 11 is 0. The fraction of sp³-hybridized carbons (Fsp3) is 0.500. The number of ether oxygens (including phenoxy) is 1. The SMILES string of the molecule is CCC(CC)O[C@@H]1C=C(C(=O)O)C[C@H](NS(=O)(=O)c2ccccc2N)[C@H]1NC(C)=O. The Hall–Kier alpha value is -2.43. The molecule has 0 fully saturated rings. The lowest BCUT2D eigenvalue weighted by Gasteiger charge is -2.38. The summed E-state index contributed by atoms with van der Waals surface area (Å²) in [5, 5.41) is 12.3. The van der Waals surface area contributed by atoms with E-state index in [0.717, 1.165) is 0 Å². The van der Waals surface area contributed by atoms with Crippen LogP contribution in [0, 0.1) is 0 Å². The number of nitrogen functional groups attached to an aromatic ring is 1. The minimum Gasteiger partial charge on any atom is -0.478 e. The maximum absolute atomic E-state index is 13.0. The second-order valence-corrected chi connectivity index (χ2v) is 8.91. The Morgan fingerprint density at radius 1 is 1.27 bits per heavy atom. The maximum Gasteiger partial charge on any atom is 0.331 e. The number of carboxylic acids is 1. The molecule has 0 aliphatic heterocycles. The standard InChI is InChI=1S/C20H29N3O6S/c1-4-14(5-2)29-17-11-13(20(25)26)10-16(19(17)22-12(3)24)23-30(27,28)18-9-7-6-8-15(18)21/h6-9,11,14,16-17,19,23H,4-5,10,21H2,1-3H3,(H,22,24)(H,25,26)/t16-,17+,19+/m0/s1. The molecular weight excluding hydrogens is 410 g/mol. The zero-order valence-corrected chi connectivity index (χ0v) is 18.1. The van der Waals surface area contributed by atoms with Crippen molar-refractivity contribution in [2.45, 2.75) is 69.2 Å². The molecule has 9 nitrogen and oxygen atoms in total. The van der Waals surface area contributed by atoms with Gasteiger partial charge < -0.3 is 20.9 Å². The van der Waals surface area contributed by atoms with Crippen LogP contribution in [0.3, 0.4) is 0 Å². The molecule has 0 unspecified atom stereocenters. The van der Waals surface area contributed by atoms with Gasteiger partial charge >= 0.3 is 5.97 Å². The van der Waals surface area contributed by atoms with Crippen LogP contribution in [-0.4, -0.2) is 49.7 Å². The number of amides is 1. The van der Waals surface area contributed by atoms with Crippen molar-refractivity contribution < 1.29 is 27.9 Å². The molecule has 0 heterocycles. The Morgan fingerprint density at radius 2 is 1.90 bits per heavy atom. The van der Waals surface area contributed by atoms with Crippen molar-refractivity contribution >= 4 is 27.6 Å². The molecule has 30 heavy (non-hydrogen) atoms. The van der Waals surface area contributed by atoms with Gasteiger partial charge in [0.05, 0.1) is 23.9 Å². The highest BCUT2D eigenvalue weighted by atomic mass is 32.2. The molecule has 0 saturated heterocycles. The van der Waals surface area contributed by atoms with Gasteiger partial charge in [-0.15, -0.1) is 0 Å². The van der Waals surface area contributed by atoms with E-state index >= 15 is 0 Å². The van der Waals surface area contributed by atoms with Crippen molar-refractivity contribution in [3.63, 3.8) is 0 Å². The molecule has 2 rings (SSSR count). The quantitative estimate of drug-likeness (QED) is 0.425. The normalized spacial score (nSPS) is 21.9. The Morgan fingerprint density at radius 3 is 2.43 bits per heavy atom. The third-order valence-electron chi connectivity index (χ3n) is 5.01. The lowest BCUT2D eigenvalue weighted by atomic mass is 9.88. The fourth-order valence-electron chi connectivity index (χ4n) is 3.47. The van der Waals surface area contributed by atoms with Crippen LogP contribution < -0.4 is 15.8 Å². The van der Waals surface area contributed by atoms with Gasteiger partial charge in [-0.05, 0) is 37.5 Å². The first-order valence-electron chi connectivity index (χ1n) is 9.82. The largest absolute Gasteiger partial charge is 0.478 e. The van der Waals surface area contributed by atoms with Crippen LogP contribution in [0.4, 0.5) is 5.69 Å². The number of nitrogens with one attached hydrogen (secondary N) is 2. The fourth-order valence-corrected chi connectivity index (χ4v) is 4.86. The van der Waals surface area contributed by atoms with Crippen LogP contribution in [-0.2, 0) is 24.3 Å². The van der Waals surface area contributed by atoms with Crippen LogP contribution in [0.2, 0.25) is 0 Å². The van der Waals surface area contributed by atoms with Crippen LogP contribution in [0.25, 0.3) is 0 Å². The summed E-state index contributed by atoms with van der Waals surface area (Å²) in [5.74, 6) is -1.55. The van der Waals surface area contributed by atoms with E-state index in [2.05, 4.69) is 10.0 Å². The molecule has 0 bridgehead atoms. The monoisotopic (exact) mass is 439 g/mol. The smallest absolute Gasteiger partial charge is 0.331 e. The average Bonchev–Trinajstić information content (AvgIpc) is 2.67. The van der Waals surface area contributed by atoms with Crippen LogP contribution in [0.5, 0.6) is 0 Å². The number of benzene rings is 1. The van der Waals surface area contributed by atoms with Crippen molar-refractivity contribution in [1.82, 2.24) is 10.0 Å². The number of aliphatic carboxylic acids is 1. The number of rotatable bonds is 9. The highest BCUT2D eigenvalue weighted by Gasteiger charge is 2.39. The molecule has 0 radical (unpaired) electrons. The number of anilines is 1. The Kier molecular flexibility index (Phi) is 7.99. The summed E-state index contributed by atoms with van der Waals surface area (Å²) in [6, 6.07) is 4.25. The van der Waals surface area contributed by atoms with Gasteiger partial charge in [-0.25, -0.2) is 17.9 Å². The van der Waals surface area contributed by atoms with E-state index in [4.69, 9.17) is 10.5 Å². The molecule has 0 saturated carbocycles. The number of carboxylic acid groups (broad SMARTS) is 1. The second-order valence-electron chi connectivity index (χ2n) is 7.23. The van der Waals surface area contributed by atoms with E-state index < -0.39 is 34.2 Å². The number of hydrogen-bond acceptors (Lipinski definition) is 6. The molecule has 5 N–H and O–H groups in total. The van der Waals surface area contributed by atoms with Crippen molar-refractivity contribution in [2.24, 2.45) is 0 Å². The molecule has 10 heteroatoms. The third kappa shape index (κ3) is 5.80. The van der Waals surface area contributed by atoms with E-state index in [9.17, 15) is 23.1 Å². The summed E-state index contributed by atoms with van der Waals surface area (Å²) in [7, 11) is -4.07. The molecule has 1 aliphatic carbocycles. The summed E-state index contributed by atoms with van der Waals surface area (Å²) < 4.78 is 34.5. The van der Waals surface area contributed by atoms with Gasteiger partial charge in [-0.1, -0.05) is 26.0 Å². The molecule has 1 aromatic rings. The van der Waals surface area contributed by atoms with Crippen molar-refractivity contribution in [3.05, 3.63) is 35.9 Å². The van der Waals surface area contributed by atoms with Crippen molar-refractivity contribution in [1.29, 1.82) is 0 Å². The van der Waals surface area contributed by atoms with Gasteiger partial charge in [-0.3, -0.25) is 4.79 Å². The zero-order valence-electron chi connectivity index (χ0n) is 17.3. The van der Waals surface area contributed by atoms with Crippen molar-refractivity contribution in [2.75, 3.05) is 5.73 Å². The molecule has 0 aromatic heterocycles. The van der Waals surface area contributed by atoms with Crippen LogP contribution in [0.1, 0.15) is 40.0 Å². The van der Waals surface area contributed by atoms with Gasteiger partial charge in [0.2, 0.25) is 15.9 Å². The predicted molar refractivity (Wildman–Crippen MR) is 112 cm³/mol. The Labute approximate surface area is 176 Å². The first-order chi connectivity index (χ1) is 14.1. The first-order valence-corrected chi connectivity index (χ1v) is 11.3. The Balaban J connectivity index is 2.44. The minimum absolute atomic E-state index is 0.0151. The molecule has 166 valence electrons. The van der Waals surface area contributed by atoms with E-state index in [1.807, 2.05) is 13.8 Å². The molecule has 1 aliphatic rings. The number of para-hydroxylation sites is 1. The molecule has 3 atom stereocenters. The first kappa shape index (κ1) is 23.8. The number of carbonyl (C=O) groups is 2. The topological polar surface area (TPSA) is 148 Å². The number of nitrogens with two attached hydrogens (primary N) is 1. The predicted octanol–water partition coefficient (Wildman–Crippen LogP) is 1.41. The summed E-state index contributed by atoms with van der Waals surface area (Å²) in [6.45, 7) is 5.18. The zero-order chi connectivity index (χ0) is 22.5. The lowest BCUT2D eigenvalue weighted by molar-refractivity contribution is -0.133. The van der Waals surface area contributed by atoms with Crippen LogP contribution in [0.15, 0.2) is 40.8 Å². The van der Waals surface area contributed by atoms with E-state index in [1.54, 1.807) is 12.1 Å². The van der Waals surface area contributed by atoms with Gasteiger partial charge in [-0.2, -0.15) is 0 Å². The van der Waals surface area contributed by atoms with E-state index in [1.165, 1.54) is 25.1 Å². The summed E-state index contributed by atoms with van der Waals surface area (Å²) in [6.07, 6.45) is 1.73. The lowest BCUT2D eigenvalue weighted by Crippen LogP contribution is -2.59. The van der Waals surface area contributed by atoms with Gasteiger partial charge in [0.1, 0.15) is 4.90 Å². The maximum atomic E-state index is 13.0. The highest BCUT2D eigenvalue weighted by Crippen LogP contribution is 2.27. The van der Waals surface area contributed by atoms with Crippen molar-refractivity contribution in [3.8, 4) is 0 Å². The average molecular weight is 440 g/mol. The number of sulfonamides is 1. The van der Waals surface area contributed by atoms with Crippen LogP contribution >= 0.6 is 0 Å². The van der Waals surface area contributed by atoms with E-state index in [-0.39, 0.29) is 34.6 Å². The number of carbonyl (C=O) groups excluding carboxylic acids is 1. The molecular formula is C20H29N3O6S.